The second-order valence-electron chi connectivity index (χ2n) is 5.81. The van der Waals surface area contributed by atoms with Crippen LogP contribution in [0.2, 0.25) is 0 Å². The van der Waals surface area contributed by atoms with Gasteiger partial charge in [-0.2, -0.15) is 0 Å². The molecule has 0 aliphatic carbocycles. The summed E-state index contributed by atoms with van der Waals surface area (Å²) < 4.78 is 5.32. The van der Waals surface area contributed by atoms with Gasteiger partial charge in [-0.15, -0.1) is 0 Å². The van der Waals surface area contributed by atoms with E-state index in [0.717, 1.165) is 16.9 Å². The third-order valence-corrected chi connectivity index (χ3v) is 3.83. The Hall–Kier alpha value is -3.41. The molecule has 1 amide bonds. The van der Waals surface area contributed by atoms with Gasteiger partial charge in [-0.1, -0.05) is 30.3 Å². The number of methoxy groups -OCH3 is 1. The van der Waals surface area contributed by atoms with Crippen molar-refractivity contribution in [2.45, 2.75) is 13.8 Å². The summed E-state index contributed by atoms with van der Waals surface area (Å²) >= 11 is 0. The SMILES string of the molecule is COc1ccccc1Nc1nc(C)cc(C(=O)Nc2ccccc2C)n1. The second-order valence-corrected chi connectivity index (χ2v) is 5.81. The van der Waals surface area contributed by atoms with Crippen molar-refractivity contribution in [3.63, 3.8) is 0 Å². The molecular weight excluding hydrogens is 328 g/mol. The topological polar surface area (TPSA) is 76.1 Å². The molecule has 2 aromatic carbocycles. The summed E-state index contributed by atoms with van der Waals surface area (Å²) in [5.41, 5.74) is 3.45. The van der Waals surface area contributed by atoms with Gasteiger partial charge < -0.3 is 15.4 Å². The Labute approximate surface area is 152 Å². The number of nitrogens with one attached hydrogen (secondary N) is 2. The van der Waals surface area contributed by atoms with Crippen molar-refractivity contribution in [3.05, 3.63) is 71.5 Å². The summed E-state index contributed by atoms with van der Waals surface area (Å²) in [7, 11) is 1.60. The number of carbonyl (C=O) groups excluding carboxylic acids is 1. The van der Waals surface area contributed by atoms with E-state index in [4.69, 9.17) is 4.74 Å². The number of nitrogens with zero attached hydrogens (tertiary/aromatic N) is 2. The Balaban J connectivity index is 1.85. The number of rotatable bonds is 5. The maximum atomic E-state index is 12.6. The first-order chi connectivity index (χ1) is 12.6. The number of aromatic nitrogens is 2. The Morgan fingerprint density at radius 1 is 0.962 bits per heavy atom. The molecule has 0 aliphatic heterocycles. The lowest BCUT2D eigenvalue weighted by Gasteiger charge is -2.12. The number of para-hydroxylation sites is 3. The lowest BCUT2D eigenvalue weighted by atomic mass is 10.2. The Morgan fingerprint density at radius 3 is 2.38 bits per heavy atom. The number of carbonyl (C=O) groups is 1. The van der Waals surface area contributed by atoms with Gasteiger partial charge in [-0.25, -0.2) is 9.97 Å². The highest BCUT2D eigenvalue weighted by molar-refractivity contribution is 6.03. The smallest absolute Gasteiger partial charge is 0.274 e. The van der Waals surface area contributed by atoms with Crippen molar-refractivity contribution in [3.8, 4) is 5.75 Å². The third kappa shape index (κ3) is 3.97. The Kier molecular flexibility index (Phi) is 5.12. The van der Waals surface area contributed by atoms with Crippen molar-refractivity contribution < 1.29 is 9.53 Å². The molecule has 3 aromatic rings. The molecule has 0 spiro atoms. The van der Waals surface area contributed by atoms with Crippen molar-refractivity contribution in [1.29, 1.82) is 0 Å². The summed E-state index contributed by atoms with van der Waals surface area (Å²) in [6.07, 6.45) is 0. The minimum atomic E-state index is -0.284. The first-order valence-corrected chi connectivity index (χ1v) is 8.19. The average molecular weight is 348 g/mol. The zero-order chi connectivity index (χ0) is 18.5. The van der Waals surface area contributed by atoms with Crippen molar-refractivity contribution in [2.24, 2.45) is 0 Å². The molecule has 2 N–H and O–H groups in total. The lowest BCUT2D eigenvalue weighted by Crippen LogP contribution is -2.16. The molecule has 6 nitrogen and oxygen atoms in total. The van der Waals surface area contributed by atoms with Crippen LogP contribution >= 0.6 is 0 Å². The van der Waals surface area contributed by atoms with Gasteiger partial charge in [0.2, 0.25) is 5.95 Å². The molecule has 0 unspecified atom stereocenters. The van der Waals surface area contributed by atoms with Crippen LogP contribution in [-0.4, -0.2) is 23.0 Å². The van der Waals surface area contributed by atoms with Crippen LogP contribution in [0.4, 0.5) is 17.3 Å². The van der Waals surface area contributed by atoms with Gasteiger partial charge in [-0.05, 0) is 43.7 Å². The maximum Gasteiger partial charge on any atom is 0.274 e. The van der Waals surface area contributed by atoms with Crippen molar-refractivity contribution in [2.75, 3.05) is 17.7 Å². The summed E-state index contributed by atoms with van der Waals surface area (Å²) in [6.45, 7) is 3.76. The number of benzene rings is 2. The highest BCUT2D eigenvalue weighted by Gasteiger charge is 2.13. The van der Waals surface area contributed by atoms with E-state index in [-0.39, 0.29) is 11.6 Å². The quantitative estimate of drug-likeness (QED) is 0.726. The number of hydrogen-bond acceptors (Lipinski definition) is 5. The van der Waals surface area contributed by atoms with Crippen LogP contribution in [0.1, 0.15) is 21.7 Å². The molecule has 0 bridgehead atoms. The lowest BCUT2D eigenvalue weighted by molar-refractivity contribution is 0.102. The normalized spacial score (nSPS) is 10.3. The van der Waals surface area contributed by atoms with E-state index in [9.17, 15) is 4.79 Å². The van der Waals surface area contributed by atoms with E-state index in [1.807, 2.05) is 62.4 Å². The van der Waals surface area contributed by atoms with E-state index in [1.54, 1.807) is 13.2 Å². The average Bonchev–Trinajstić information content (AvgIpc) is 2.63. The largest absolute Gasteiger partial charge is 0.495 e. The number of aryl methyl sites for hydroxylation is 2. The second kappa shape index (κ2) is 7.65. The molecule has 1 aromatic heterocycles. The Morgan fingerprint density at radius 2 is 1.65 bits per heavy atom. The Bertz CT molecular complexity index is 941. The molecular formula is C20H20N4O2. The predicted octanol–water partition coefficient (Wildman–Crippen LogP) is 4.10. The predicted molar refractivity (Wildman–Crippen MR) is 102 cm³/mol. The van der Waals surface area contributed by atoms with Crippen LogP contribution in [0.5, 0.6) is 5.75 Å². The van der Waals surface area contributed by atoms with Gasteiger partial charge in [0.1, 0.15) is 11.4 Å². The zero-order valence-electron chi connectivity index (χ0n) is 14.9. The van der Waals surface area contributed by atoms with Crippen LogP contribution in [0, 0.1) is 13.8 Å². The first kappa shape index (κ1) is 17.4. The van der Waals surface area contributed by atoms with E-state index in [2.05, 4.69) is 20.6 Å². The fraction of sp³-hybridized carbons (Fsp3) is 0.150. The van der Waals surface area contributed by atoms with Crippen molar-refractivity contribution in [1.82, 2.24) is 9.97 Å². The fourth-order valence-electron chi connectivity index (χ4n) is 2.51. The molecule has 0 atom stereocenters. The van der Waals surface area contributed by atoms with Crippen molar-refractivity contribution >= 4 is 23.2 Å². The number of anilines is 3. The monoisotopic (exact) mass is 348 g/mol. The van der Waals surface area contributed by atoms with Gasteiger partial charge in [0, 0.05) is 11.4 Å². The summed E-state index contributed by atoms with van der Waals surface area (Å²) in [5.74, 6) is 0.723. The molecule has 6 heteroatoms. The molecule has 3 rings (SSSR count). The number of amides is 1. The molecule has 0 radical (unpaired) electrons. The summed E-state index contributed by atoms with van der Waals surface area (Å²) in [6, 6.07) is 16.7. The minimum absolute atomic E-state index is 0.284. The van der Waals surface area contributed by atoms with Gasteiger partial charge in [0.15, 0.2) is 0 Å². The zero-order valence-corrected chi connectivity index (χ0v) is 14.9. The van der Waals surface area contributed by atoms with Gasteiger partial charge in [-0.3, -0.25) is 4.79 Å². The highest BCUT2D eigenvalue weighted by atomic mass is 16.5. The van der Waals surface area contributed by atoms with Gasteiger partial charge >= 0.3 is 0 Å². The minimum Gasteiger partial charge on any atom is -0.495 e. The van der Waals surface area contributed by atoms with Crippen LogP contribution in [0.3, 0.4) is 0 Å². The van der Waals surface area contributed by atoms with E-state index < -0.39 is 0 Å². The van der Waals surface area contributed by atoms with Crippen LogP contribution in [0.15, 0.2) is 54.6 Å². The molecule has 0 saturated heterocycles. The molecule has 1 heterocycles. The molecule has 0 saturated carbocycles. The highest BCUT2D eigenvalue weighted by Crippen LogP contribution is 2.25. The summed E-state index contributed by atoms with van der Waals surface area (Å²) in [4.78, 5) is 21.3. The maximum absolute atomic E-state index is 12.6. The van der Waals surface area contributed by atoms with E-state index >= 15 is 0 Å². The van der Waals surface area contributed by atoms with E-state index in [1.165, 1.54) is 0 Å². The van der Waals surface area contributed by atoms with Gasteiger partial charge in [0.05, 0.1) is 12.8 Å². The van der Waals surface area contributed by atoms with Crippen LogP contribution < -0.4 is 15.4 Å². The fourth-order valence-corrected chi connectivity index (χ4v) is 2.51. The van der Waals surface area contributed by atoms with Crippen LogP contribution in [-0.2, 0) is 0 Å². The van der Waals surface area contributed by atoms with Crippen LogP contribution in [0.25, 0.3) is 0 Å². The summed E-state index contributed by atoms with van der Waals surface area (Å²) in [5, 5.41) is 5.99. The standard InChI is InChI=1S/C20H20N4O2/c1-13-8-4-5-9-15(13)22-19(25)17-12-14(2)21-20(24-17)23-16-10-6-7-11-18(16)26-3/h4-12H,1-3H3,(H,22,25)(H,21,23,24). The first-order valence-electron chi connectivity index (χ1n) is 8.19. The third-order valence-electron chi connectivity index (χ3n) is 3.83. The number of ether oxygens (including phenoxy) is 1. The molecule has 0 fully saturated rings. The molecule has 0 aliphatic rings. The molecule has 26 heavy (non-hydrogen) atoms. The van der Waals surface area contributed by atoms with Gasteiger partial charge in [0.25, 0.3) is 5.91 Å². The molecule has 132 valence electrons. The number of hydrogen-bond donors (Lipinski definition) is 2. The van der Waals surface area contributed by atoms with E-state index in [0.29, 0.717) is 17.4 Å².